The summed E-state index contributed by atoms with van der Waals surface area (Å²) in [6, 6.07) is -7.15. The van der Waals surface area contributed by atoms with Gasteiger partial charge in [-0.1, -0.05) is 0 Å². The first-order valence-electron chi connectivity index (χ1n) is 22.1. The van der Waals surface area contributed by atoms with E-state index in [1.165, 1.54) is 0 Å². The van der Waals surface area contributed by atoms with Crippen molar-refractivity contribution in [1.29, 1.82) is 10.8 Å². The first-order valence-corrected chi connectivity index (χ1v) is 37.7. The molecule has 0 atom stereocenters. The summed E-state index contributed by atoms with van der Waals surface area (Å²) in [5, 5.41) is 30.3. The van der Waals surface area contributed by atoms with E-state index in [1.54, 1.807) is 19.6 Å². The Labute approximate surface area is 429 Å². The van der Waals surface area contributed by atoms with Crippen LogP contribution in [0.25, 0.3) is 0 Å². The second-order valence-corrected chi connectivity index (χ2v) is 48.2. The van der Waals surface area contributed by atoms with E-state index in [1.807, 2.05) is 56.4 Å². The Morgan fingerprint density at radius 1 is 0.312 bits per heavy atom. The van der Waals surface area contributed by atoms with E-state index < -0.39 is 24.2 Å². The van der Waals surface area contributed by atoms with Gasteiger partial charge in [0, 0.05) is 56.4 Å². The molecule has 2 rings (SSSR count). The van der Waals surface area contributed by atoms with Crippen molar-refractivity contribution in [3.63, 3.8) is 0 Å². The number of nitrogens with zero attached hydrogens (tertiary/aromatic N) is 8. The molecule has 0 aromatic carbocycles. The smallest absolute Gasteiger partial charge is 0.192 e. The molecule has 2 aliphatic rings. The molecule has 384 valence electrons. The maximum atomic E-state index is 7.25. The Bertz CT molecular complexity index is 1580. The van der Waals surface area contributed by atoms with Gasteiger partial charge in [-0.25, -0.2) is 0 Å². The van der Waals surface area contributed by atoms with Crippen molar-refractivity contribution in [2.45, 2.75) is 210 Å². The minimum atomic E-state index is -1.79. The largest absolute Gasteiger partial charge is 0.349 e. The van der Waals surface area contributed by atoms with E-state index in [9.17, 15) is 0 Å². The normalized spacial score (nSPS) is 24.4. The third kappa shape index (κ3) is 19.2. The average molecular weight is 1240 g/mol. The van der Waals surface area contributed by atoms with Crippen LogP contribution in [-0.2, 0) is 0 Å². The molecule has 64 heavy (non-hydrogen) atoms. The first-order chi connectivity index (χ1) is 27.4. The molecular weight excluding hydrogens is 1140 g/mol. The fourth-order valence-electron chi connectivity index (χ4n) is 7.09. The molecule has 6 N–H and O–H groups in total. The van der Waals surface area contributed by atoms with Crippen LogP contribution in [0.2, 0.25) is 0 Å². The summed E-state index contributed by atoms with van der Waals surface area (Å²) in [6.45, 7) is 54.9. The number of hydrogen-bond acceptors (Lipinski definition) is 6. The van der Waals surface area contributed by atoms with Gasteiger partial charge in [-0.2, -0.15) is 0 Å². The molecule has 0 saturated carbocycles. The minimum Gasteiger partial charge on any atom is -0.349 e. The van der Waals surface area contributed by atoms with Crippen LogP contribution in [0.3, 0.4) is 0 Å². The van der Waals surface area contributed by atoms with Crippen LogP contribution in [0.4, 0.5) is 0 Å². The van der Waals surface area contributed by atoms with Gasteiger partial charge < -0.3 is 19.6 Å². The van der Waals surface area contributed by atoms with Crippen LogP contribution in [0.15, 0.2) is 0 Å². The first kappa shape index (κ1) is 67.5. The molecule has 0 spiro atoms. The molecular formula is C42H102N14P4Se4. The Balaban J connectivity index is 0. The number of guanidine groups is 2. The molecule has 2 heterocycles. The molecule has 0 saturated heterocycles. The number of rotatable bonds is 4. The van der Waals surface area contributed by atoms with Crippen molar-refractivity contribution >= 4 is 98.4 Å². The summed E-state index contributed by atoms with van der Waals surface area (Å²) in [5.74, 6) is 1.04. The van der Waals surface area contributed by atoms with Gasteiger partial charge in [0.2, 0.25) is 0 Å². The molecule has 14 nitrogen and oxygen atoms in total. The average Bonchev–Trinajstić information content (AvgIpc) is 2.88. The molecule has 0 bridgehead atoms. The van der Waals surface area contributed by atoms with Gasteiger partial charge in [0.05, 0.1) is 0 Å². The Morgan fingerprint density at radius 3 is 0.469 bits per heavy atom. The van der Waals surface area contributed by atoms with Gasteiger partial charge in [-0.3, -0.25) is 10.8 Å². The monoisotopic (exact) mass is 1250 g/mol. The quantitative estimate of drug-likeness (QED) is 0.0714. The van der Waals surface area contributed by atoms with E-state index >= 15 is 0 Å². The van der Waals surface area contributed by atoms with E-state index in [0.29, 0.717) is 11.9 Å². The third-order valence-corrected chi connectivity index (χ3v) is 44.1. The van der Waals surface area contributed by atoms with Crippen molar-refractivity contribution in [3.05, 3.63) is 0 Å². The fourth-order valence-corrected chi connectivity index (χ4v) is 69.3. The molecule has 0 aromatic rings. The standard InChI is InChI=1S/2C16H36N4P2Se2.2C5H13N3/c2*1-13(2,3)17-21(23)19(15(7,8)9)22(24,18-14(4,5)6)20(21)16(10,11)12;2*1-7(2)5(6)8(3)4/h2*1-12H3;2*6H,1-4H3/q2*-2;;/p+4. The minimum absolute atomic E-state index is 0.0407. The Hall–Kier alpha value is 1.38. The van der Waals surface area contributed by atoms with Gasteiger partial charge in [0.15, 0.2) is 11.9 Å². The van der Waals surface area contributed by atoms with E-state index in [-0.39, 0.29) is 44.3 Å². The molecule has 0 unspecified atom stereocenters. The SMILES string of the molecule is CC(C)(C)NP1([Se-])=[N+](C(C)(C)C)P([Se-])(NC(C)(C)C)=[N+]1C(C)(C)C.CC(C)(C)NP1([Se-])=[N+](C(C)(C)C)P([Se-])(NC(C)(C)C)=[N+]1C(C)(C)C.CN(C)C(=N)N(C)C.CN(C)C(=N)N(C)C. The fraction of sp³-hybridized carbons (Fsp3) is 0.952. The number of hydrogen-bond donors (Lipinski definition) is 6. The molecule has 0 aromatic heterocycles. The van der Waals surface area contributed by atoms with Crippen LogP contribution in [0.5, 0.6) is 0 Å². The van der Waals surface area contributed by atoms with Crippen LogP contribution >= 0.6 is 24.2 Å². The van der Waals surface area contributed by atoms with Crippen LogP contribution in [-0.4, -0.2) is 211 Å². The topological polar surface area (TPSA) is 121 Å². The van der Waals surface area contributed by atoms with E-state index in [4.69, 9.17) is 10.8 Å². The van der Waals surface area contributed by atoms with Crippen molar-refractivity contribution in [2.24, 2.45) is 0 Å². The Morgan fingerprint density at radius 2 is 0.422 bits per heavy atom. The predicted octanol–water partition coefficient (Wildman–Crippen LogP) is 9.34. The van der Waals surface area contributed by atoms with Crippen molar-refractivity contribution in [3.8, 4) is 0 Å². The van der Waals surface area contributed by atoms with Gasteiger partial charge in [0.1, 0.15) is 0 Å². The zero-order chi connectivity index (χ0) is 52.6. The van der Waals surface area contributed by atoms with Crippen LogP contribution in [0.1, 0.15) is 166 Å². The van der Waals surface area contributed by atoms with E-state index in [0.717, 1.165) is 0 Å². The summed E-state index contributed by atoms with van der Waals surface area (Å²) in [6.07, 6.45) is 0. The molecule has 22 heteroatoms. The maximum absolute atomic E-state index is 7.25. The summed E-state index contributed by atoms with van der Waals surface area (Å²) in [7, 11) is 14.8. The summed E-state index contributed by atoms with van der Waals surface area (Å²) < 4.78 is 10.8. The summed E-state index contributed by atoms with van der Waals surface area (Å²) >= 11 is 14.5. The zero-order valence-electron chi connectivity index (χ0n) is 47.0. The zero-order valence-corrected chi connectivity index (χ0v) is 57.4. The maximum Gasteiger partial charge on any atom is 0.192 e. The molecule has 0 fully saturated rings. The van der Waals surface area contributed by atoms with Gasteiger partial charge in [-0.05, 0) is 0 Å². The van der Waals surface area contributed by atoms with Crippen LogP contribution in [0, 0.1) is 10.8 Å². The summed E-state index contributed by atoms with van der Waals surface area (Å²) in [5.41, 5.74) is 0.370. The van der Waals surface area contributed by atoms with Gasteiger partial charge >= 0.3 is 334 Å². The third-order valence-electron chi connectivity index (χ3n) is 8.07. The molecule has 0 radical (unpaired) electrons. The van der Waals surface area contributed by atoms with Gasteiger partial charge in [0.25, 0.3) is 0 Å². The van der Waals surface area contributed by atoms with Crippen molar-refractivity contribution in [1.82, 2.24) is 39.9 Å². The summed E-state index contributed by atoms with van der Waals surface area (Å²) in [4.78, 5) is 7.00. The van der Waals surface area contributed by atoms with E-state index in [2.05, 4.69) is 265 Å². The second kappa shape index (κ2) is 22.4. The second-order valence-electron chi connectivity index (χ2n) is 25.7. The van der Waals surface area contributed by atoms with Crippen LogP contribution < -0.4 is 20.3 Å². The van der Waals surface area contributed by atoms with Gasteiger partial charge in [-0.15, -0.1) is 0 Å². The predicted molar refractivity (Wildman–Crippen MR) is 293 cm³/mol. The molecule has 0 amide bonds. The molecule has 2 aliphatic heterocycles. The van der Waals surface area contributed by atoms with Crippen molar-refractivity contribution in [2.75, 3.05) is 56.4 Å². The number of nitrogens with one attached hydrogen (secondary N) is 6. The molecule has 0 aliphatic carbocycles. The van der Waals surface area contributed by atoms with Crippen molar-refractivity contribution < 1.29 is 16.4 Å². The Kier molecular flexibility index (Phi) is 23.6.